The number of hydrogen-bond donors (Lipinski definition) is 1. The molecule has 8 heteroatoms. The van der Waals surface area contributed by atoms with Gasteiger partial charge in [-0.1, -0.05) is 12.1 Å². The molecular weight excluding hydrogens is 394 g/mol. The molecule has 0 aliphatic rings. The van der Waals surface area contributed by atoms with E-state index in [1.165, 1.54) is 0 Å². The van der Waals surface area contributed by atoms with E-state index in [0.717, 1.165) is 28.1 Å². The lowest BCUT2D eigenvalue weighted by molar-refractivity contribution is 0.324. The van der Waals surface area contributed by atoms with Gasteiger partial charge in [-0.3, -0.25) is 0 Å². The molecule has 0 atom stereocenters. The summed E-state index contributed by atoms with van der Waals surface area (Å²) in [6, 6.07) is 13.9. The van der Waals surface area contributed by atoms with Gasteiger partial charge in [-0.25, -0.2) is 9.50 Å². The second kappa shape index (κ2) is 8.43. The number of ether oxygens (including phenoxy) is 3. The van der Waals surface area contributed by atoms with Gasteiger partial charge in [0.1, 0.15) is 5.82 Å². The molecule has 0 aliphatic carbocycles. The molecule has 0 aliphatic heterocycles. The Labute approximate surface area is 181 Å². The average molecular weight is 419 g/mol. The van der Waals surface area contributed by atoms with Crippen LogP contribution in [0.1, 0.15) is 0 Å². The molecule has 0 amide bonds. The zero-order chi connectivity index (χ0) is 22.0. The van der Waals surface area contributed by atoms with Crippen LogP contribution in [-0.2, 0) is 0 Å². The first-order chi connectivity index (χ1) is 15.0. The van der Waals surface area contributed by atoms with Crippen molar-refractivity contribution in [2.45, 2.75) is 0 Å². The fraction of sp³-hybridized carbons (Fsp3) is 0.217. The van der Waals surface area contributed by atoms with Gasteiger partial charge in [0, 0.05) is 49.4 Å². The summed E-state index contributed by atoms with van der Waals surface area (Å²) >= 11 is 0. The van der Waals surface area contributed by atoms with Crippen LogP contribution < -0.4 is 24.4 Å². The minimum Gasteiger partial charge on any atom is -0.493 e. The Morgan fingerprint density at radius 2 is 1.58 bits per heavy atom. The number of nitrogens with one attached hydrogen (secondary N) is 1. The summed E-state index contributed by atoms with van der Waals surface area (Å²) < 4.78 is 18.0. The summed E-state index contributed by atoms with van der Waals surface area (Å²) in [5.41, 5.74) is 4.67. The number of aromatic nitrogens is 3. The predicted octanol–water partition coefficient (Wildman–Crippen LogP) is 4.23. The molecule has 0 fully saturated rings. The average Bonchev–Trinajstić information content (AvgIpc) is 3.21. The number of benzene rings is 2. The Bertz CT molecular complexity index is 1180. The van der Waals surface area contributed by atoms with Crippen molar-refractivity contribution >= 4 is 22.8 Å². The van der Waals surface area contributed by atoms with Gasteiger partial charge in [-0.05, 0) is 23.8 Å². The third-order valence-corrected chi connectivity index (χ3v) is 5.00. The van der Waals surface area contributed by atoms with E-state index in [1.54, 1.807) is 25.8 Å². The second-order valence-electron chi connectivity index (χ2n) is 7.12. The van der Waals surface area contributed by atoms with Gasteiger partial charge in [0.15, 0.2) is 17.1 Å². The van der Waals surface area contributed by atoms with E-state index in [9.17, 15) is 0 Å². The Kier molecular flexibility index (Phi) is 5.53. The standard InChI is InChI=1S/C23H25N5O3/c1-27(2)17-8-6-15(7-9-17)18-14-24-28-11-10-21(26-23(18)28)25-16-12-19(29-3)22(31-5)20(13-16)30-4/h6-14H,1-5H3,(H,25,26). The van der Waals surface area contributed by atoms with Crippen LogP contribution in [0.15, 0.2) is 54.9 Å². The summed E-state index contributed by atoms with van der Waals surface area (Å²) in [5.74, 6) is 2.35. The highest BCUT2D eigenvalue weighted by Crippen LogP contribution is 2.40. The highest BCUT2D eigenvalue weighted by Gasteiger charge is 2.14. The van der Waals surface area contributed by atoms with Crippen molar-refractivity contribution in [3.63, 3.8) is 0 Å². The van der Waals surface area contributed by atoms with Crippen molar-refractivity contribution in [3.05, 3.63) is 54.9 Å². The molecule has 160 valence electrons. The van der Waals surface area contributed by atoms with Crippen LogP contribution >= 0.6 is 0 Å². The second-order valence-corrected chi connectivity index (χ2v) is 7.12. The molecule has 0 radical (unpaired) electrons. The Balaban J connectivity index is 1.69. The third kappa shape index (κ3) is 3.92. The zero-order valence-electron chi connectivity index (χ0n) is 18.2. The largest absolute Gasteiger partial charge is 0.493 e. The molecule has 8 nitrogen and oxygen atoms in total. The van der Waals surface area contributed by atoms with Crippen molar-refractivity contribution in [1.82, 2.24) is 14.6 Å². The smallest absolute Gasteiger partial charge is 0.203 e. The molecule has 1 N–H and O–H groups in total. The number of nitrogens with zero attached hydrogens (tertiary/aromatic N) is 4. The van der Waals surface area contributed by atoms with Crippen LogP contribution in [0.2, 0.25) is 0 Å². The Hall–Kier alpha value is -3.94. The lowest BCUT2D eigenvalue weighted by Gasteiger charge is -2.15. The first-order valence-electron chi connectivity index (χ1n) is 9.73. The van der Waals surface area contributed by atoms with Crippen LogP contribution in [0.5, 0.6) is 17.2 Å². The van der Waals surface area contributed by atoms with E-state index in [1.807, 2.05) is 44.7 Å². The SMILES string of the molecule is COc1cc(Nc2ccn3ncc(-c4ccc(N(C)C)cc4)c3n2)cc(OC)c1OC. The van der Waals surface area contributed by atoms with Crippen molar-refractivity contribution in [2.75, 3.05) is 45.6 Å². The van der Waals surface area contributed by atoms with Gasteiger partial charge < -0.3 is 24.4 Å². The Morgan fingerprint density at radius 3 is 2.16 bits per heavy atom. The predicted molar refractivity (Wildman–Crippen MR) is 122 cm³/mol. The molecule has 0 spiro atoms. The summed E-state index contributed by atoms with van der Waals surface area (Å²) in [4.78, 5) is 6.85. The molecule has 2 heterocycles. The topological polar surface area (TPSA) is 73.2 Å². The van der Waals surface area contributed by atoms with Gasteiger partial charge in [0.25, 0.3) is 0 Å². The molecule has 31 heavy (non-hydrogen) atoms. The fourth-order valence-electron chi connectivity index (χ4n) is 3.38. The first-order valence-corrected chi connectivity index (χ1v) is 9.73. The lowest BCUT2D eigenvalue weighted by Crippen LogP contribution is -2.07. The van der Waals surface area contributed by atoms with E-state index in [2.05, 4.69) is 39.6 Å². The lowest BCUT2D eigenvalue weighted by atomic mass is 10.1. The zero-order valence-corrected chi connectivity index (χ0v) is 18.2. The van der Waals surface area contributed by atoms with E-state index in [4.69, 9.17) is 19.2 Å². The number of anilines is 3. The highest BCUT2D eigenvalue weighted by atomic mass is 16.5. The first kappa shape index (κ1) is 20.3. The molecule has 4 rings (SSSR count). The monoisotopic (exact) mass is 419 g/mol. The number of hydrogen-bond acceptors (Lipinski definition) is 7. The fourth-order valence-corrected chi connectivity index (χ4v) is 3.38. The maximum Gasteiger partial charge on any atom is 0.203 e. The van der Waals surface area contributed by atoms with E-state index in [-0.39, 0.29) is 0 Å². The third-order valence-electron chi connectivity index (χ3n) is 5.00. The van der Waals surface area contributed by atoms with Crippen molar-refractivity contribution in [3.8, 4) is 28.4 Å². The molecule has 0 saturated carbocycles. The van der Waals surface area contributed by atoms with Crippen LogP contribution in [-0.4, -0.2) is 50.0 Å². The van der Waals surface area contributed by atoms with Crippen LogP contribution in [0.25, 0.3) is 16.8 Å². The maximum absolute atomic E-state index is 5.44. The van der Waals surface area contributed by atoms with E-state index < -0.39 is 0 Å². The van der Waals surface area contributed by atoms with Gasteiger partial charge in [0.2, 0.25) is 5.75 Å². The maximum atomic E-state index is 5.44. The summed E-state index contributed by atoms with van der Waals surface area (Å²) in [6.45, 7) is 0. The van der Waals surface area contributed by atoms with E-state index >= 15 is 0 Å². The van der Waals surface area contributed by atoms with Gasteiger partial charge in [0.05, 0.1) is 27.5 Å². The minimum absolute atomic E-state index is 0.540. The number of fused-ring (bicyclic) bond motifs is 1. The molecule has 2 aromatic heterocycles. The van der Waals surface area contributed by atoms with Gasteiger partial charge in [-0.15, -0.1) is 0 Å². The molecular formula is C23H25N5O3. The number of methoxy groups -OCH3 is 3. The highest BCUT2D eigenvalue weighted by molar-refractivity contribution is 5.79. The quantitative estimate of drug-likeness (QED) is 0.480. The molecule has 0 bridgehead atoms. The van der Waals surface area contributed by atoms with Gasteiger partial charge >= 0.3 is 0 Å². The molecule has 0 unspecified atom stereocenters. The van der Waals surface area contributed by atoms with Crippen LogP contribution in [0.3, 0.4) is 0 Å². The number of rotatable bonds is 7. The Morgan fingerprint density at radius 1 is 0.903 bits per heavy atom. The van der Waals surface area contributed by atoms with Crippen molar-refractivity contribution < 1.29 is 14.2 Å². The molecule has 4 aromatic rings. The summed E-state index contributed by atoms with van der Waals surface area (Å²) in [7, 11) is 8.80. The summed E-state index contributed by atoms with van der Waals surface area (Å²) in [5, 5.41) is 7.75. The normalized spacial score (nSPS) is 10.7. The van der Waals surface area contributed by atoms with Crippen LogP contribution in [0, 0.1) is 0 Å². The molecule has 0 saturated heterocycles. The van der Waals surface area contributed by atoms with Crippen LogP contribution in [0.4, 0.5) is 17.2 Å². The molecule has 2 aromatic carbocycles. The minimum atomic E-state index is 0.540. The van der Waals surface area contributed by atoms with Crippen molar-refractivity contribution in [1.29, 1.82) is 0 Å². The summed E-state index contributed by atoms with van der Waals surface area (Å²) in [6.07, 6.45) is 3.70. The van der Waals surface area contributed by atoms with Gasteiger partial charge in [-0.2, -0.15) is 5.10 Å². The van der Waals surface area contributed by atoms with E-state index in [0.29, 0.717) is 23.1 Å². The van der Waals surface area contributed by atoms with Crippen molar-refractivity contribution in [2.24, 2.45) is 0 Å².